The summed E-state index contributed by atoms with van der Waals surface area (Å²) in [7, 11) is 0. The molecule has 2 aromatic carbocycles. The van der Waals surface area contributed by atoms with Crippen molar-refractivity contribution >= 4 is 34.7 Å². The van der Waals surface area contributed by atoms with Crippen molar-refractivity contribution in [2.75, 3.05) is 49.5 Å². The molecule has 6 atom stereocenters. The third-order valence-electron chi connectivity index (χ3n) is 11.8. The molecule has 59 heavy (non-hydrogen) atoms. The topological polar surface area (TPSA) is 182 Å². The molecular formula is C43H51N9O6S. The Bertz CT molecular complexity index is 2280. The maximum Gasteiger partial charge on any atom is 0.254 e. The molecule has 3 aliphatic rings. The molecule has 3 aromatic heterocycles. The predicted octanol–water partition coefficient (Wildman–Crippen LogP) is 5.23. The largest absolute Gasteiger partial charge is 0.507 e. The molecule has 8 rings (SSSR count). The van der Waals surface area contributed by atoms with Crippen LogP contribution < -0.4 is 20.3 Å². The van der Waals surface area contributed by atoms with Crippen LogP contribution in [0.4, 0.5) is 11.5 Å². The molecule has 4 N–H and O–H groups in total. The highest BCUT2D eigenvalue weighted by Gasteiger charge is 2.44. The highest BCUT2D eigenvalue weighted by atomic mass is 32.1. The van der Waals surface area contributed by atoms with Gasteiger partial charge in [-0.3, -0.25) is 14.5 Å². The number of aromatic nitrogens is 4. The number of anilines is 2. The van der Waals surface area contributed by atoms with Crippen molar-refractivity contribution in [2.24, 2.45) is 5.92 Å². The van der Waals surface area contributed by atoms with E-state index in [1.807, 2.05) is 75.7 Å². The Morgan fingerprint density at radius 1 is 1.07 bits per heavy atom. The summed E-state index contributed by atoms with van der Waals surface area (Å²) in [5.74, 6) is 0.0100. The van der Waals surface area contributed by atoms with E-state index in [4.69, 9.17) is 9.26 Å². The number of aliphatic hydroxyl groups is 1. The minimum Gasteiger partial charge on any atom is -0.507 e. The zero-order valence-corrected chi connectivity index (χ0v) is 34.7. The number of rotatable bonds is 12. The van der Waals surface area contributed by atoms with Gasteiger partial charge in [-0.2, -0.15) is 0 Å². The van der Waals surface area contributed by atoms with E-state index in [9.17, 15) is 19.8 Å². The smallest absolute Gasteiger partial charge is 0.254 e. The molecule has 2 unspecified atom stereocenters. The van der Waals surface area contributed by atoms with E-state index in [-0.39, 0.29) is 60.5 Å². The average Bonchev–Trinajstić information content (AvgIpc) is 3.98. The van der Waals surface area contributed by atoms with Crippen LogP contribution in [0, 0.1) is 12.8 Å². The van der Waals surface area contributed by atoms with Gasteiger partial charge in [0.25, 0.3) is 5.88 Å². The number of hydrogen-bond acceptors (Lipinski definition) is 14. The zero-order valence-electron chi connectivity index (χ0n) is 33.9. The number of thiazole rings is 1. The van der Waals surface area contributed by atoms with Gasteiger partial charge in [0.2, 0.25) is 11.8 Å². The van der Waals surface area contributed by atoms with Gasteiger partial charge < -0.3 is 39.9 Å². The summed E-state index contributed by atoms with van der Waals surface area (Å²) in [5.41, 5.74) is 7.04. The first kappa shape index (κ1) is 40.2. The van der Waals surface area contributed by atoms with Crippen molar-refractivity contribution in [2.45, 2.75) is 77.2 Å². The van der Waals surface area contributed by atoms with E-state index < -0.39 is 18.1 Å². The molecule has 0 aliphatic carbocycles. The standard InChI is InChI=1S/C43H51N9O6S/c1-24(2)39(43(56)52-21-30(53)18-34(52)42(55)46-25(3)28-10-12-29(13-11-28)40-27(5)44-23-59-40)37-20-38(49-58-37)57-17-16-50-14-15-51-33-19-32(31-8-6-7-9-36(31)54)47-48-41(33)45-26(4)35(51)22-50/h6-13,19-20,23-26,30,34-35,39,53-54H,14-18,21-22H2,1-5H3,(H,45,48)(H,46,55)/t25-,26?,30+,34-,35?,39+/m0/s1. The number of aliphatic hydroxyl groups excluding tert-OH is 1. The number of ether oxygens (including phenoxy) is 1. The number of benzene rings is 2. The van der Waals surface area contributed by atoms with Crippen LogP contribution in [0.15, 0.2) is 70.7 Å². The van der Waals surface area contributed by atoms with Crippen molar-refractivity contribution in [3.05, 3.63) is 83.2 Å². The van der Waals surface area contributed by atoms with Crippen LogP contribution in [0.2, 0.25) is 0 Å². The molecule has 6 heterocycles. The monoisotopic (exact) mass is 821 g/mol. The normalized spacial score (nSPS) is 21.4. The molecule has 310 valence electrons. The summed E-state index contributed by atoms with van der Waals surface area (Å²) in [6.07, 6.45) is -0.680. The van der Waals surface area contributed by atoms with E-state index in [0.717, 1.165) is 52.8 Å². The van der Waals surface area contributed by atoms with E-state index in [1.165, 1.54) is 4.90 Å². The van der Waals surface area contributed by atoms with Gasteiger partial charge in [-0.15, -0.1) is 21.5 Å². The highest BCUT2D eigenvalue weighted by Crippen LogP contribution is 2.38. The fourth-order valence-corrected chi connectivity index (χ4v) is 9.33. The first-order valence-electron chi connectivity index (χ1n) is 20.3. The summed E-state index contributed by atoms with van der Waals surface area (Å²) in [6, 6.07) is 18.0. The van der Waals surface area contributed by atoms with Crippen molar-refractivity contribution in [3.63, 3.8) is 0 Å². The maximum absolute atomic E-state index is 14.2. The SMILES string of the molecule is Cc1ncsc1-c1ccc([C@H](C)NC(=O)[C@@H]2C[C@@H](O)CN2C(=O)[C@@H](c2cc(OCCN3CCN4c5cc(-c6ccccc6O)nnc5NC(C)C4C3)no2)C(C)C)cc1. The van der Waals surface area contributed by atoms with Gasteiger partial charge in [-0.1, -0.05) is 50.2 Å². The number of carbonyl (C=O) groups excluding carboxylic acids is 2. The van der Waals surface area contributed by atoms with Crippen molar-refractivity contribution in [1.82, 2.24) is 35.5 Å². The summed E-state index contributed by atoms with van der Waals surface area (Å²) in [6.45, 7) is 13.3. The number of hydrogen-bond donors (Lipinski definition) is 4. The number of phenolic OH excluding ortho intramolecular Hbond substituents is 1. The van der Waals surface area contributed by atoms with Gasteiger partial charge in [0.15, 0.2) is 11.6 Å². The number of likely N-dealkylation sites (tertiary alicyclic amines) is 1. The lowest BCUT2D eigenvalue weighted by Gasteiger charge is -2.48. The lowest BCUT2D eigenvalue weighted by atomic mass is 9.91. The number of amides is 2. The molecule has 0 radical (unpaired) electrons. The molecule has 2 amide bonds. The van der Waals surface area contributed by atoms with Crippen LogP contribution in [0.3, 0.4) is 0 Å². The van der Waals surface area contributed by atoms with Crippen LogP contribution in [0.5, 0.6) is 11.6 Å². The minimum atomic E-state index is -0.831. The second-order valence-electron chi connectivity index (χ2n) is 16.1. The number of nitrogens with zero attached hydrogens (tertiary/aromatic N) is 7. The van der Waals surface area contributed by atoms with E-state index in [2.05, 4.69) is 47.7 Å². The fraction of sp³-hybridized carbons (Fsp3) is 0.442. The second kappa shape index (κ2) is 17.0. The predicted molar refractivity (Wildman–Crippen MR) is 224 cm³/mol. The molecule has 16 heteroatoms. The van der Waals surface area contributed by atoms with Gasteiger partial charge in [-0.25, -0.2) is 4.98 Å². The molecule has 0 saturated carbocycles. The van der Waals surface area contributed by atoms with Gasteiger partial charge in [0.1, 0.15) is 24.3 Å². The van der Waals surface area contributed by atoms with Crippen LogP contribution >= 0.6 is 11.3 Å². The average molecular weight is 822 g/mol. The Hall–Kier alpha value is -5.58. The van der Waals surface area contributed by atoms with Crippen molar-refractivity contribution < 1.29 is 29.1 Å². The van der Waals surface area contributed by atoms with Crippen LogP contribution in [0.25, 0.3) is 21.7 Å². The number of aryl methyl sites for hydroxylation is 1. The van der Waals surface area contributed by atoms with Gasteiger partial charge in [0.05, 0.1) is 45.7 Å². The Balaban J connectivity index is 0.864. The molecule has 3 aliphatic heterocycles. The quantitative estimate of drug-likeness (QED) is 0.129. The molecule has 0 spiro atoms. The Kier molecular flexibility index (Phi) is 11.6. The first-order valence-corrected chi connectivity index (χ1v) is 21.1. The fourth-order valence-electron chi connectivity index (χ4n) is 8.52. The van der Waals surface area contributed by atoms with E-state index in [0.29, 0.717) is 30.2 Å². The third-order valence-corrected chi connectivity index (χ3v) is 12.7. The van der Waals surface area contributed by atoms with Crippen LogP contribution in [-0.4, -0.2) is 116 Å². The number of fused-ring (bicyclic) bond motifs is 3. The van der Waals surface area contributed by atoms with Gasteiger partial charge in [0, 0.05) is 56.8 Å². The number of para-hydroxylation sites is 1. The van der Waals surface area contributed by atoms with Gasteiger partial charge >= 0.3 is 0 Å². The van der Waals surface area contributed by atoms with E-state index in [1.54, 1.807) is 29.5 Å². The zero-order chi connectivity index (χ0) is 41.4. The number of β-amino-alcohol motifs (C(OH)–C–C–N with tert-alkyl or cyclic N) is 1. The number of nitrogens with one attached hydrogen (secondary N) is 2. The molecule has 15 nitrogen and oxygen atoms in total. The summed E-state index contributed by atoms with van der Waals surface area (Å²) in [4.78, 5) is 39.6. The molecule has 5 aromatic rings. The Morgan fingerprint density at radius 3 is 2.61 bits per heavy atom. The second-order valence-corrected chi connectivity index (χ2v) is 17.0. The van der Waals surface area contributed by atoms with E-state index >= 15 is 0 Å². The number of phenols is 1. The van der Waals surface area contributed by atoms with Crippen molar-refractivity contribution in [1.29, 1.82) is 0 Å². The van der Waals surface area contributed by atoms with Crippen molar-refractivity contribution in [3.8, 4) is 33.3 Å². The molecule has 2 saturated heterocycles. The lowest BCUT2D eigenvalue weighted by Crippen LogP contribution is -2.61. The lowest BCUT2D eigenvalue weighted by molar-refractivity contribution is -0.141. The minimum absolute atomic E-state index is 0.0497. The summed E-state index contributed by atoms with van der Waals surface area (Å²) < 4.78 is 11.8. The number of piperazine rings is 1. The molecule has 0 bridgehead atoms. The number of carbonyl (C=O) groups is 2. The Morgan fingerprint density at radius 2 is 1.86 bits per heavy atom. The maximum atomic E-state index is 14.2. The first-order chi connectivity index (χ1) is 28.4. The van der Waals surface area contributed by atoms with Crippen LogP contribution in [-0.2, 0) is 9.59 Å². The summed E-state index contributed by atoms with van der Waals surface area (Å²) >= 11 is 1.59. The van der Waals surface area contributed by atoms with Gasteiger partial charge in [-0.05, 0) is 61.2 Å². The third kappa shape index (κ3) is 8.34. The van der Waals surface area contributed by atoms with Crippen LogP contribution in [0.1, 0.15) is 63.1 Å². The summed E-state index contributed by atoms with van der Waals surface area (Å²) in [5, 5.41) is 40.7. The highest BCUT2D eigenvalue weighted by molar-refractivity contribution is 7.13. The molecular weight excluding hydrogens is 771 g/mol. The molecule has 2 fully saturated rings. The Labute approximate surface area is 347 Å². The number of aromatic hydroxyl groups is 1.